The van der Waals surface area contributed by atoms with Crippen LogP contribution in [0.3, 0.4) is 0 Å². The van der Waals surface area contributed by atoms with Crippen molar-refractivity contribution in [1.29, 1.82) is 0 Å². The Morgan fingerprint density at radius 1 is 1.15 bits per heavy atom. The summed E-state index contributed by atoms with van der Waals surface area (Å²) in [6, 6.07) is 12.7. The van der Waals surface area contributed by atoms with Gasteiger partial charge < -0.3 is 19.3 Å². The normalized spacial score (nSPS) is 10.4. The molecular formula is C19H17FN2O4. The molecule has 0 fully saturated rings. The van der Waals surface area contributed by atoms with Crippen LogP contribution in [0.5, 0.6) is 5.75 Å². The van der Waals surface area contributed by atoms with Crippen LogP contribution in [0.4, 0.5) is 16.0 Å². The SMILES string of the molecule is CCOc1ccc(Nc2onc(-c3ccc(F)cc3)c2C(=O)OC)cc1. The van der Waals surface area contributed by atoms with E-state index in [1.165, 1.54) is 31.4 Å². The molecule has 134 valence electrons. The van der Waals surface area contributed by atoms with Crippen LogP contribution in [-0.2, 0) is 4.74 Å². The molecule has 0 aliphatic rings. The van der Waals surface area contributed by atoms with Crippen LogP contribution >= 0.6 is 0 Å². The van der Waals surface area contributed by atoms with E-state index in [9.17, 15) is 9.18 Å². The molecule has 0 saturated heterocycles. The van der Waals surface area contributed by atoms with Crippen molar-refractivity contribution in [2.24, 2.45) is 0 Å². The lowest BCUT2D eigenvalue weighted by Gasteiger charge is -2.07. The molecule has 0 atom stereocenters. The Morgan fingerprint density at radius 3 is 2.46 bits per heavy atom. The molecule has 0 spiro atoms. The quantitative estimate of drug-likeness (QED) is 0.660. The van der Waals surface area contributed by atoms with Gasteiger partial charge in [0.25, 0.3) is 0 Å². The Morgan fingerprint density at radius 2 is 1.85 bits per heavy atom. The molecule has 0 bridgehead atoms. The number of anilines is 2. The Kier molecular flexibility index (Phi) is 5.17. The van der Waals surface area contributed by atoms with Crippen molar-refractivity contribution in [1.82, 2.24) is 5.16 Å². The Labute approximate surface area is 149 Å². The molecule has 0 unspecified atom stereocenters. The van der Waals surface area contributed by atoms with E-state index in [0.29, 0.717) is 17.9 Å². The lowest BCUT2D eigenvalue weighted by molar-refractivity contribution is 0.0602. The highest BCUT2D eigenvalue weighted by molar-refractivity contribution is 6.01. The summed E-state index contributed by atoms with van der Waals surface area (Å²) in [5.74, 6) is -0.125. The summed E-state index contributed by atoms with van der Waals surface area (Å²) in [5, 5.41) is 6.94. The predicted octanol–water partition coefficient (Wildman–Crippen LogP) is 4.41. The summed E-state index contributed by atoms with van der Waals surface area (Å²) in [6.07, 6.45) is 0. The van der Waals surface area contributed by atoms with E-state index in [4.69, 9.17) is 14.0 Å². The summed E-state index contributed by atoms with van der Waals surface area (Å²) in [7, 11) is 1.27. The number of hydrogen-bond acceptors (Lipinski definition) is 6. The summed E-state index contributed by atoms with van der Waals surface area (Å²) < 4.78 is 28.7. The standard InChI is InChI=1S/C19H17FN2O4/c1-3-25-15-10-8-14(9-11-15)21-18-16(19(23)24-2)17(22-26-18)12-4-6-13(20)7-5-12/h4-11,21H,3H2,1-2H3. The van der Waals surface area contributed by atoms with Gasteiger partial charge in [-0.1, -0.05) is 5.16 Å². The molecule has 3 rings (SSSR count). The number of benzene rings is 2. The van der Waals surface area contributed by atoms with Crippen molar-refractivity contribution in [2.45, 2.75) is 6.92 Å². The summed E-state index contributed by atoms with van der Waals surface area (Å²) >= 11 is 0. The highest BCUT2D eigenvalue weighted by Crippen LogP contribution is 2.32. The largest absolute Gasteiger partial charge is 0.494 e. The lowest BCUT2D eigenvalue weighted by Crippen LogP contribution is -2.05. The average Bonchev–Trinajstić information content (AvgIpc) is 3.07. The Balaban J connectivity index is 1.94. The van der Waals surface area contributed by atoms with Crippen molar-refractivity contribution >= 4 is 17.5 Å². The summed E-state index contributed by atoms with van der Waals surface area (Å²) in [4.78, 5) is 12.2. The fourth-order valence-corrected chi connectivity index (χ4v) is 2.40. The first-order valence-corrected chi connectivity index (χ1v) is 7.96. The smallest absolute Gasteiger partial charge is 0.345 e. The van der Waals surface area contributed by atoms with Crippen LogP contribution in [0, 0.1) is 5.82 Å². The Hall–Kier alpha value is -3.35. The molecule has 1 aromatic heterocycles. The first kappa shape index (κ1) is 17.5. The van der Waals surface area contributed by atoms with Crippen molar-refractivity contribution < 1.29 is 23.2 Å². The lowest BCUT2D eigenvalue weighted by atomic mass is 10.1. The molecule has 0 saturated carbocycles. The van der Waals surface area contributed by atoms with Crippen LogP contribution in [0.2, 0.25) is 0 Å². The van der Waals surface area contributed by atoms with Gasteiger partial charge in [-0.15, -0.1) is 0 Å². The highest BCUT2D eigenvalue weighted by atomic mass is 19.1. The molecule has 0 radical (unpaired) electrons. The van der Waals surface area contributed by atoms with Crippen molar-refractivity contribution in [3.05, 3.63) is 59.9 Å². The van der Waals surface area contributed by atoms with Gasteiger partial charge in [0, 0.05) is 11.3 Å². The van der Waals surface area contributed by atoms with E-state index in [0.717, 1.165) is 5.75 Å². The molecule has 0 amide bonds. The van der Waals surface area contributed by atoms with Crippen LogP contribution in [0.1, 0.15) is 17.3 Å². The minimum absolute atomic E-state index is 0.132. The van der Waals surface area contributed by atoms with Crippen molar-refractivity contribution in [2.75, 3.05) is 19.0 Å². The zero-order valence-electron chi connectivity index (χ0n) is 14.3. The molecule has 3 aromatic rings. The molecule has 7 heteroatoms. The van der Waals surface area contributed by atoms with Gasteiger partial charge in [0.15, 0.2) is 5.56 Å². The average molecular weight is 356 g/mol. The number of methoxy groups -OCH3 is 1. The maximum absolute atomic E-state index is 13.1. The van der Waals surface area contributed by atoms with Crippen LogP contribution in [0.25, 0.3) is 11.3 Å². The molecule has 1 N–H and O–H groups in total. The first-order chi connectivity index (χ1) is 12.6. The van der Waals surface area contributed by atoms with E-state index in [1.54, 1.807) is 24.3 Å². The number of nitrogens with zero attached hydrogens (tertiary/aromatic N) is 1. The number of rotatable bonds is 6. The maximum atomic E-state index is 13.1. The van der Waals surface area contributed by atoms with Gasteiger partial charge in [-0.2, -0.15) is 0 Å². The van der Waals surface area contributed by atoms with Gasteiger partial charge >= 0.3 is 5.97 Å². The molecule has 2 aromatic carbocycles. The maximum Gasteiger partial charge on any atom is 0.345 e. The number of esters is 1. The molecular weight excluding hydrogens is 339 g/mol. The van der Waals surface area contributed by atoms with Crippen molar-refractivity contribution in [3.63, 3.8) is 0 Å². The second-order valence-corrected chi connectivity index (χ2v) is 5.32. The van der Waals surface area contributed by atoms with Gasteiger partial charge in [-0.05, 0) is 55.5 Å². The van der Waals surface area contributed by atoms with Gasteiger partial charge in [0.2, 0.25) is 5.88 Å². The third-order valence-electron chi connectivity index (χ3n) is 3.62. The molecule has 6 nitrogen and oxygen atoms in total. The zero-order chi connectivity index (χ0) is 18.5. The monoisotopic (exact) mass is 356 g/mol. The van der Waals surface area contributed by atoms with Gasteiger partial charge in [-0.3, -0.25) is 0 Å². The number of carbonyl (C=O) groups excluding carboxylic acids is 1. The molecule has 0 aliphatic carbocycles. The molecule has 0 aliphatic heterocycles. The van der Waals surface area contributed by atoms with E-state index < -0.39 is 5.97 Å². The van der Waals surface area contributed by atoms with E-state index in [2.05, 4.69) is 10.5 Å². The predicted molar refractivity (Wildman–Crippen MR) is 94.1 cm³/mol. The number of halogens is 1. The molecule has 26 heavy (non-hydrogen) atoms. The number of ether oxygens (including phenoxy) is 2. The zero-order valence-corrected chi connectivity index (χ0v) is 14.3. The Bertz CT molecular complexity index is 889. The second-order valence-electron chi connectivity index (χ2n) is 5.32. The number of hydrogen-bond donors (Lipinski definition) is 1. The highest BCUT2D eigenvalue weighted by Gasteiger charge is 2.25. The fourth-order valence-electron chi connectivity index (χ4n) is 2.40. The first-order valence-electron chi connectivity index (χ1n) is 7.96. The second kappa shape index (κ2) is 7.69. The number of aromatic nitrogens is 1. The summed E-state index contributed by atoms with van der Waals surface area (Å²) in [6.45, 7) is 2.47. The molecule has 1 heterocycles. The van der Waals surface area contributed by atoms with E-state index in [-0.39, 0.29) is 23.0 Å². The number of nitrogens with one attached hydrogen (secondary N) is 1. The van der Waals surface area contributed by atoms with Crippen molar-refractivity contribution in [3.8, 4) is 17.0 Å². The topological polar surface area (TPSA) is 73.6 Å². The summed E-state index contributed by atoms with van der Waals surface area (Å²) in [5.41, 5.74) is 1.62. The number of carbonyl (C=O) groups is 1. The van der Waals surface area contributed by atoms with Crippen LogP contribution < -0.4 is 10.1 Å². The fraction of sp³-hybridized carbons (Fsp3) is 0.158. The minimum Gasteiger partial charge on any atom is -0.494 e. The third kappa shape index (κ3) is 3.66. The van der Waals surface area contributed by atoms with Crippen LogP contribution in [0.15, 0.2) is 53.1 Å². The van der Waals surface area contributed by atoms with E-state index >= 15 is 0 Å². The van der Waals surface area contributed by atoms with Gasteiger partial charge in [-0.25, -0.2) is 9.18 Å². The third-order valence-corrected chi connectivity index (χ3v) is 3.62. The van der Waals surface area contributed by atoms with E-state index in [1.807, 2.05) is 6.92 Å². The van der Waals surface area contributed by atoms with Gasteiger partial charge in [0.05, 0.1) is 13.7 Å². The van der Waals surface area contributed by atoms with Gasteiger partial charge in [0.1, 0.15) is 17.3 Å². The van der Waals surface area contributed by atoms with Crippen LogP contribution in [-0.4, -0.2) is 24.8 Å². The minimum atomic E-state index is -0.612.